The van der Waals surface area contributed by atoms with Gasteiger partial charge in [0.25, 0.3) is 5.91 Å². The summed E-state index contributed by atoms with van der Waals surface area (Å²) in [4.78, 5) is 14.7. The standard InChI is InChI=1S/C20H22N4O3S/c1-2-23-11-13-24(14-12-23)28(26,27)19-9-7-18(8-10-19)22-20(25)17-5-3-16(15-21)4-6-17/h3-10H,2,11-14H2,1H3,(H,22,25). The molecule has 1 N–H and O–H groups in total. The van der Waals surface area contributed by atoms with Crippen LogP contribution in [0.15, 0.2) is 53.4 Å². The molecule has 7 nitrogen and oxygen atoms in total. The van der Waals surface area contributed by atoms with Crippen LogP contribution in [0.25, 0.3) is 0 Å². The Morgan fingerprint density at radius 1 is 1.04 bits per heavy atom. The van der Waals surface area contributed by atoms with Crippen molar-refractivity contribution >= 4 is 21.6 Å². The van der Waals surface area contributed by atoms with Gasteiger partial charge >= 0.3 is 0 Å². The average Bonchev–Trinajstić information content (AvgIpc) is 2.74. The number of anilines is 1. The van der Waals surface area contributed by atoms with E-state index < -0.39 is 10.0 Å². The van der Waals surface area contributed by atoms with Crippen molar-refractivity contribution in [2.24, 2.45) is 0 Å². The van der Waals surface area contributed by atoms with Gasteiger partial charge in [0, 0.05) is 37.4 Å². The molecule has 3 rings (SSSR count). The fourth-order valence-corrected chi connectivity index (χ4v) is 4.47. The summed E-state index contributed by atoms with van der Waals surface area (Å²) in [6, 6.07) is 14.5. The van der Waals surface area contributed by atoms with Gasteiger partial charge in [0.2, 0.25) is 10.0 Å². The van der Waals surface area contributed by atoms with Gasteiger partial charge in [0.05, 0.1) is 16.5 Å². The third-order valence-corrected chi connectivity index (χ3v) is 6.72. The topological polar surface area (TPSA) is 93.5 Å². The molecule has 1 heterocycles. The van der Waals surface area contributed by atoms with E-state index in [0.717, 1.165) is 19.6 Å². The highest BCUT2D eigenvalue weighted by Crippen LogP contribution is 2.20. The number of benzene rings is 2. The van der Waals surface area contributed by atoms with Crippen LogP contribution in [0.5, 0.6) is 0 Å². The number of sulfonamides is 1. The van der Waals surface area contributed by atoms with E-state index in [9.17, 15) is 13.2 Å². The highest BCUT2D eigenvalue weighted by atomic mass is 32.2. The van der Waals surface area contributed by atoms with Gasteiger partial charge < -0.3 is 10.2 Å². The first-order valence-electron chi connectivity index (χ1n) is 9.08. The zero-order chi connectivity index (χ0) is 20.1. The van der Waals surface area contributed by atoms with Crippen LogP contribution >= 0.6 is 0 Å². The summed E-state index contributed by atoms with van der Waals surface area (Å²) in [5.74, 6) is -0.323. The molecule has 0 unspecified atom stereocenters. The quantitative estimate of drug-likeness (QED) is 0.833. The number of hydrogen-bond donors (Lipinski definition) is 1. The van der Waals surface area contributed by atoms with Crippen molar-refractivity contribution in [3.05, 3.63) is 59.7 Å². The molecule has 0 spiro atoms. The van der Waals surface area contributed by atoms with Gasteiger partial charge in [-0.15, -0.1) is 0 Å². The molecule has 0 atom stereocenters. The lowest BCUT2D eigenvalue weighted by molar-refractivity contribution is 0.102. The number of likely N-dealkylation sites (N-methyl/N-ethyl adjacent to an activating group) is 1. The predicted molar refractivity (Wildman–Crippen MR) is 106 cm³/mol. The minimum absolute atomic E-state index is 0.217. The maximum absolute atomic E-state index is 12.8. The Bertz CT molecular complexity index is 972. The van der Waals surface area contributed by atoms with Crippen LogP contribution in [0.3, 0.4) is 0 Å². The van der Waals surface area contributed by atoms with Crippen molar-refractivity contribution in [2.75, 3.05) is 38.0 Å². The van der Waals surface area contributed by atoms with Gasteiger partial charge in [-0.2, -0.15) is 9.57 Å². The fraction of sp³-hybridized carbons (Fsp3) is 0.300. The first-order valence-corrected chi connectivity index (χ1v) is 10.5. The largest absolute Gasteiger partial charge is 0.322 e. The van der Waals surface area contributed by atoms with Crippen LogP contribution in [0.1, 0.15) is 22.8 Å². The molecule has 0 bridgehead atoms. The minimum Gasteiger partial charge on any atom is -0.322 e. The van der Waals surface area contributed by atoms with E-state index in [1.165, 1.54) is 16.4 Å². The number of piperazine rings is 1. The zero-order valence-electron chi connectivity index (χ0n) is 15.6. The van der Waals surface area contributed by atoms with Crippen molar-refractivity contribution in [1.29, 1.82) is 5.26 Å². The summed E-state index contributed by atoms with van der Waals surface area (Å²) < 4.78 is 27.1. The Labute approximate surface area is 165 Å². The number of amides is 1. The summed E-state index contributed by atoms with van der Waals surface area (Å²) in [7, 11) is -3.54. The van der Waals surface area contributed by atoms with Crippen molar-refractivity contribution in [3.63, 3.8) is 0 Å². The Morgan fingerprint density at radius 3 is 2.18 bits per heavy atom. The van der Waals surface area contributed by atoms with Gasteiger partial charge in [-0.3, -0.25) is 4.79 Å². The molecule has 8 heteroatoms. The van der Waals surface area contributed by atoms with Gasteiger partial charge in [0.15, 0.2) is 0 Å². The molecular formula is C20H22N4O3S. The molecular weight excluding hydrogens is 376 g/mol. The fourth-order valence-electron chi connectivity index (χ4n) is 3.04. The van der Waals surface area contributed by atoms with E-state index >= 15 is 0 Å². The van der Waals surface area contributed by atoms with E-state index in [0.29, 0.717) is 29.9 Å². The molecule has 146 valence electrons. The van der Waals surface area contributed by atoms with Gasteiger partial charge in [-0.1, -0.05) is 6.92 Å². The molecule has 0 aromatic heterocycles. The van der Waals surface area contributed by atoms with E-state index in [1.807, 2.05) is 6.07 Å². The van der Waals surface area contributed by atoms with E-state index in [2.05, 4.69) is 17.1 Å². The second kappa shape index (κ2) is 8.52. The molecule has 1 saturated heterocycles. The van der Waals surface area contributed by atoms with Crippen LogP contribution in [0.2, 0.25) is 0 Å². The van der Waals surface area contributed by atoms with Crippen LogP contribution in [-0.2, 0) is 10.0 Å². The highest BCUT2D eigenvalue weighted by molar-refractivity contribution is 7.89. The van der Waals surface area contributed by atoms with Gasteiger partial charge in [0.1, 0.15) is 0 Å². The Kier molecular flexibility index (Phi) is 6.09. The number of nitrogens with one attached hydrogen (secondary N) is 1. The lowest BCUT2D eigenvalue weighted by Gasteiger charge is -2.33. The van der Waals surface area contributed by atoms with E-state index in [4.69, 9.17) is 5.26 Å². The third kappa shape index (κ3) is 4.39. The SMILES string of the molecule is CCN1CCN(S(=O)(=O)c2ccc(NC(=O)c3ccc(C#N)cc3)cc2)CC1. The molecule has 1 amide bonds. The number of nitriles is 1. The van der Waals surface area contributed by atoms with Gasteiger partial charge in [-0.05, 0) is 55.1 Å². The summed E-state index contributed by atoms with van der Waals surface area (Å²) in [5.41, 5.74) is 1.40. The molecule has 0 aliphatic carbocycles. The number of rotatable bonds is 5. The average molecular weight is 398 g/mol. The zero-order valence-corrected chi connectivity index (χ0v) is 16.4. The lowest BCUT2D eigenvalue weighted by atomic mass is 10.1. The maximum Gasteiger partial charge on any atom is 0.255 e. The number of nitrogens with zero attached hydrogens (tertiary/aromatic N) is 3. The second-order valence-electron chi connectivity index (χ2n) is 6.51. The molecule has 0 saturated carbocycles. The first-order chi connectivity index (χ1) is 13.4. The molecule has 1 aliphatic rings. The summed E-state index contributed by atoms with van der Waals surface area (Å²) in [5, 5.41) is 11.5. The van der Waals surface area contributed by atoms with Crippen molar-refractivity contribution in [3.8, 4) is 6.07 Å². The summed E-state index contributed by atoms with van der Waals surface area (Å²) in [6.45, 7) is 5.40. The molecule has 1 aliphatic heterocycles. The lowest BCUT2D eigenvalue weighted by Crippen LogP contribution is -2.48. The molecule has 2 aromatic carbocycles. The normalized spacial score (nSPS) is 15.7. The number of hydrogen-bond acceptors (Lipinski definition) is 5. The van der Waals surface area contributed by atoms with Crippen LogP contribution < -0.4 is 5.32 Å². The van der Waals surface area contributed by atoms with Crippen molar-refractivity contribution < 1.29 is 13.2 Å². The molecule has 28 heavy (non-hydrogen) atoms. The number of carbonyl (C=O) groups excluding carboxylic acids is 1. The van der Waals surface area contributed by atoms with Crippen LogP contribution in [-0.4, -0.2) is 56.3 Å². The molecule has 0 radical (unpaired) electrons. The summed E-state index contributed by atoms with van der Waals surface area (Å²) >= 11 is 0. The first kappa shape index (κ1) is 20.0. The highest BCUT2D eigenvalue weighted by Gasteiger charge is 2.27. The maximum atomic E-state index is 12.8. The minimum atomic E-state index is -3.54. The van der Waals surface area contributed by atoms with Gasteiger partial charge in [-0.25, -0.2) is 8.42 Å². The second-order valence-corrected chi connectivity index (χ2v) is 8.44. The molecule has 2 aromatic rings. The predicted octanol–water partition coefficient (Wildman–Crippen LogP) is 2.14. The number of carbonyl (C=O) groups is 1. The smallest absolute Gasteiger partial charge is 0.255 e. The summed E-state index contributed by atoms with van der Waals surface area (Å²) in [6.07, 6.45) is 0. The van der Waals surface area contributed by atoms with Crippen LogP contribution in [0, 0.1) is 11.3 Å². The monoisotopic (exact) mass is 398 g/mol. The Morgan fingerprint density at radius 2 is 1.64 bits per heavy atom. The van der Waals surface area contributed by atoms with Crippen molar-refractivity contribution in [1.82, 2.24) is 9.21 Å². The Hall–Kier alpha value is -2.73. The van der Waals surface area contributed by atoms with Crippen molar-refractivity contribution in [2.45, 2.75) is 11.8 Å². The van der Waals surface area contributed by atoms with E-state index in [-0.39, 0.29) is 10.8 Å². The van der Waals surface area contributed by atoms with E-state index in [1.54, 1.807) is 36.4 Å². The molecule has 1 fully saturated rings. The third-order valence-electron chi connectivity index (χ3n) is 4.80. The van der Waals surface area contributed by atoms with Crippen LogP contribution in [0.4, 0.5) is 5.69 Å². The Balaban J connectivity index is 1.67.